The summed E-state index contributed by atoms with van der Waals surface area (Å²) >= 11 is 1.29. The van der Waals surface area contributed by atoms with Gasteiger partial charge in [-0.25, -0.2) is 0 Å². The van der Waals surface area contributed by atoms with Gasteiger partial charge in [-0.1, -0.05) is 23.9 Å². The van der Waals surface area contributed by atoms with Gasteiger partial charge in [0.15, 0.2) is 5.16 Å². The highest BCUT2D eigenvalue weighted by atomic mass is 32.2. The van der Waals surface area contributed by atoms with Crippen LogP contribution in [-0.2, 0) is 11.3 Å². The predicted octanol–water partition coefficient (Wildman–Crippen LogP) is 1.55. The highest BCUT2D eigenvalue weighted by Crippen LogP contribution is 2.16. The number of hydrogen-bond donors (Lipinski definition) is 2. The third-order valence-corrected chi connectivity index (χ3v) is 3.85. The van der Waals surface area contributed by atoms with E-state index in [-0.39, 0.29) is 17.6 Å². The number of carbonyl (C=O) groups excluding carboxylic acids is 2. The van der Waals surface area contributed by atoms with Crippen molar-refractivity contribution in [2.45, 2.75) is 11.7 Å². The normalized spacial score (nSPS) is 10.1. The van der Waals surface area contributed by atoms with Gasteiger partial charge in [-0.2, -0.15) is 0 Å². The van der Waals surface area contributed by atoms with Crippen molar-refractivity contribution in [1.29, 1.82) is 0 Å². The molecule has 23 heavy (non-hydrogen) atoms. The van der Waals surface area contributed by atoms with Gasteiger partial charge >= 0.3 is 0 Å². The van der Waals surface area contributed by atoms with Crippen LogP contribution in [0.3, 0.4) is 0 Å². The monoisotopic (exact) mass is 331 g/mol. The summed E-state index contributed by atoms with van der Waals surface area (Å²) < 4.78 is 1.80. The maximum absolute atomic E-state index is 12.0. The Balaban J connectivity index is 1.93. The Morgan fingerprint density at radius 2 is 2.26 bits per heavy atom. The summed E-state index contributed by atoms with van der Waals surface area (Å²) in [5.41, 5.74) is 1.06. The predicted molar refractivity (Wildman–Crippen MR) is 89.4 cm³/mol. The minimum absolute atomic E-state index is 0.183. The fourth-order valence-corrected chi connectivity index (χ4v) is 2.55. The third-order valence-electron chi connectivity index (χ3n) is 2.87. The van der Waals surface area contributed by atoms with Crippen molar-refractivity contribution in [3.05, 3.63) is 48.8 Å². The third kappa shape index (κ3) is 4.68. The molecular weight excluding hydrogens is 314 g/mol. The van der Waals surface area contributed by atoms with Crippen LogP contribution < -0.4 is 10.6 Å². The van der Waals surface area contributed by atoms with E-state index in [4.69, 9.17) is 0 Å². The van der Waals surface area contributed by atoms with Crippen LogP contribution in [-0.4, -0.2) is 39.4 Å². The molecule has 0 aliphatic heterocycles. The van der Waals surface area contributed by atoms with Gasteiger partial charge in [-0.3, -0.25) is 9.59 Å². The maximum atomic E-state index is 12.0. The molecule has 2 amide bonds. The highest BCUT2D eigenvalue weighted by Gasteiger charge is 2.09. The number of benzene rings is 1. The summed E-state index contributed by atoms with van der Waals surface area (Å²) in [7, 11) is 1.56. The van der Waals surface area contributed by atoms with Crippen LogP contribution in [0, 0.1) is 0 Å². The molecule has 0 spiro atoms. The van der Waals surface area contributed by atoms with Crippen LogP contribution in [0.1, 0.15) is 10.4 Å². The molecule has 2 N–H and O–H groups in total. The van der Waals surface area contributed by atoms with Crippen molar-refractivity contribution in [1.82, 2.24) is 20.1 Å². The molecule has 0 saturated carbocycles. The maximum Gasteiger partial charge on any atom is 0.251 e. The number of aromatic nitrogens is 3. The fourth-order valence-electron chi connectivity index (χ4n) is 1.83. The van der Waals surface area contributed by atoms with Crippen molar-refractivity contribution in [3.8, 4) is 0 Å². The summed E-state index contributed by atoms with van der Waals surface area (Å²) in [5, 5.41) is 13.7. The molecule has 0 bridgehead atoms. The number of anilines is 1. The summed E-state index contributed by atoms with van der Waals surface area (Å²) in [6.45, 7) is 4.25. The Kier molecular flexibility index (Phi) is 5.93. The average Bonchev–Trinajstić information content (AvgIpc) is 3.00. The van der Waals surface area contributed by atoms with Gasteiger partial charge < -0.3 is 15.2 Å². The van der Waals surface area contributed by atoms with Gasteiger partial charge in [0.1, 0.15) is 6.33 Å². The smallest absolute Gasteiger partial charge is 0.251 e. The molecule has 7 nitrogen and oxygen atoms in total. The standard InChI is InChI=1S/C15H17N5O2S/c1-3-7-20-10-17-19-15(20)23-9-13(21)18-12-6-4-5-11(8-12)14(22)16-2/h3-6,8,10H,1,7,9H2,2H3,(H,16,22)(H,18,21). The first-order chi connectivity index (χ1) is 11.1. The van der Waals surface area contributed by atoms with E-state index in [1.165, 1.54) is 11.8 Å². The van der Waals surface area contributed by atoms with Crippen LogP contribution in [0.15, 0.2) is 48.4 Å². The van der Waals surface area contributed by atoms with Gasteiger partial charge in [0, 0.05) is 24.8 Å². The van der Waals surface area contributed by atoms with E-state index < -0.39 is 0 Å². The lowest BCUT2D eigenvalue weighted by molar-refractivity contribution is -0.113. The first kappa shape index (κ1) is 16.8. The zero-order valence-electron chi connectivity index (χ0n) is 12.7. The number of nitrogens with one attached hydrogen (secondary N) is 2. The van der Waals surface area contributed by atoms with E-state index in [0.717, 1.165) is 0 Å². The van der Waals surface area contributed by atoms with Gasteiger partial charge in [0.05, 0.1) is 5.75 Å². The molecular formula is C15H17N5O2S. The van der Waals surface area contributed by atoms with E-state index in [1.54, 1.807) is 48.3 Å². The molecule has 0 atom stereocenters. The van der Waals surface area contributed by atoms with Gasteiger partial charge in [0.25, 0.3) is 5.91 Å². The largest absolute Gasteiger partial charge is 0.355 e. The molecule has 0 aliphatic rings. The number of allylic oxidation sites excluding steroid dienone is 1. The average molecular weight is 331 g/mol. The Bertz CT molecular complexity index is 713. The lowest BCUT2D eigenvalue weighted by atomic mass is 10.2. The lowest BCUT2D eigenvalue weighted by Crippen LogP contribution is -2.19. The summed E-state index contributed by atoms with van der Waals surface area (Å²) in [4.78, 5) is 23.6. The number of thioether (sulfide) groups is 1. The zero-order valence-corrected chi connectivity index (χ0v) is 13.5. The first-order valence-electron chi connectivity index (χ1n) is 6.87. The summed E-state index contributed by atoms with van der Waals surface area (Å²) in [5.74, 6) is -0.190. The minimum atomic E-state index is -0.201. The van der Waals surface area contributed by atoms with E-state index in [9.17, 15) is 9.59 Å². The number of hydrogen-bond acceptors (Lipinski definition) is 5. The van der Waals surface area contributed by atoms with Gasteiger partial charge in [-0.05, 0) is 18.2 Å². The Labute approximate surface area is 138 Å². The molecule has 1 aromatic carbocycles. The molecule has 0 fully saturated rings. The number of amides is 2. The molecule has 1 heterocycles. The molecule has 1 aromatic heterocycles. The Morgan fingerprint density at radius 1 is 1.43 bits per heavy atom. The second-order valence-corrected chi connectivity index (χ2v) is 5.49. The van der Waals surface area contributed by atoms with Crippen molar-refractivity contribution >= 4 is 29.3 Å². The Hall–Kier alpha value is -2.61. The van der Waals surface area contributed by atoms with E-state index in [2.05, 4.69) is 27.4 Å². The Morgan fingerprint density at radius 3 is 3.00 bits per heavy atom. The van der Waals surface area contributed by atoms with Gasteiger partial charge in [0.2, 0.25) is 5.91 Å². The molecule has 2 rings (SSSR count). The second-order valence-electron chi connectivity index (χ2n) is 4.55. The van der Waals surface area contributed by atoms with Crippen LogP contribution in [0.4, 0.5) is 5.69 Å². The first-order valence-corrected chi connectivity index (χ1v) is 7.86. The topological polar surface area (TPSA) is 88.9 Å². The van der Waals surface area contributed by atoms with Crippen LogP contribution in [0.5, 0.6) is 0 Å². The van der Waals surface area contributed by atoms with Crippen LogP contribution in [0.25, 0.3) is 0 Å². The molecule has 0 aliphatic carbocycles. The van der Waals surface area contributed by atoms with Crippen molar-refractivity contribution in [2.24, 2.45) is 0 Å². The molecule has 120 valence electrons. The van der Waals surface area contributed by atoms with Crippen molar-refractivity contribution in [2.75, 3.05) is 18.1 Å². The molecule has 8 heteroatoms. The summed E-state index contributed by atoms with van der Waals surface area (Å²) in [6.07, 6.45) is 3.33. The van der Waals surface area contributed by atoms with Crippen molar-refractivity contribution in [3.63, 3.8) is 0 Å². The molecule has 0 saturated heterocycles. The second kappa shape index (κ2) is 8.14. The number of carbonyl (C=O) groups is 2. The highest BCUT2D eigenvalue weighted by molar-refractivity contribution is 7.99. The minimum Gasteiger partial charge on any atom is -0.355 e. The number of rotatable bonds is 7. The zero-order chi connectivity index (χ0) is 16.7. The quantitative estimate of drug-likeness (QED) is 0.594. The van der Waals surface area contributed by atoms with Gasteiger partial charge in [-0.15, -0.1) is 16.8 Å². The fraction of sp³-hybridized carbons (Fsp3) is 0.200. The van der Waals surface area contributed by atoms with E-state index in [0.29, 0.717) is 23.0 Å². The molecule has 0 unspecified atom stereocenters. The lowest BCUT2D eigenvalue weighted by Gasteiger charge is -2.07. The number of nitrogens with zero attached hydrogens (tertiary/aromatic N) is 3. The summed E-state index contributed by atoms with van der Waals surface area (Å²) in [6, 6.07) is 6.76. The van der Waals surface area contributed by atoms with Crippen LogP contribution >= 0.6 is 11.8 Å². The SMILES string of the molecule is C=CCn1cnnc1SCC(=O)Nc1cccc(C(=O)NC)c1. The molecule has 2 aromatic rings. The molecule has 0 radical (unpaired) electrons. The van der Waals surface area contributed by atoms with Crippen LogP contribution in [0.2, 0.25) is 0 Å². The van der Waals surface area contributed by atoms with E-state index in [1.807, 2.05) is 0 Å². The van der Waals surface area contributed by atoms with Crippen molar-refractivity contribution < 1.29 is 9.59 Å². The van der Waals surface area contributed by atoms with E-state index >= 15 is 0 Å².